The monoisotopic (exact) mass is 270 g/mol. The number of hydrogen-bond donors (Lipinski definition) is 0. The number of benzene rings is 2. The molecule has 3 heteroatoms. The molecule has 0 aromatic heterocycles. The molecule has 2 rings (SSSR count). The fraction of sp³-hybridized carbons (Fsp3) is 0. The molecular weight excluding hydrogens is 264 g/mol. The van der Waals surface area contributed by atoms with Gasteiger partial charge in [0, 0.05) is 5.82 Å². The average Bonchev–Trinajstić information content (AvgIpc) is 2.33. The summed E-state index contributed by atoms with van der Waals surface area (Å²) in [6.45, 7) is 0. The zero-order valence-electron chi connectivity index (χ0n) is 8.08. The van der Waals surface area contributed by atoms with E-state index in [1.807, 2.05) is 30.3 Å². The van der Waals surface area contributed by atoms with Crippen molar-refractivity contribution < 1.29 is 21.7 Å². The van der Waals surface area contributed by atoms with Crippen LogP contribution in [-0.2, 0) is 17.3 Å². The summed E-state index contributed by atoms with van der Waals surface area (Å²) in [6, 6.07) is 17.0. The van der Waals surface area contributed by atoms with Gasteiger partial charge in [0.2, 0.25) is 0 Å². The minimum atomic E-state index is -0.228. The van der Waals surface area contributed by atoms with Gasteiger partial charge in [-0.2, -0.15) is 18.2 Å². The molecule has 0 spiro atoms. The summed E-state index contributed by atoms with van der Waals surface area (Å²) in [6.07, 6.45) is 0. The van der Waals surface area contributed by atoms with Crippen molar-refractivity contribution in [1.82, 2.24) is 0 Å². The van der Waals surface area contributed by atoms with Crippen LogP contribution in [0.3, 0.4) is 0 Å². The summed E-state index contributed by atoms with van der Waals surface area (Å²) in [4.78, 5) is 0. The first-order valence-electron chi connectivity index (χ1n) is 4.35. The number of hydrogen-bond acceptors (Lipinski definition) is 0. The Morgan fingerprint density at radius 2 is 1.73 bits per heavy atom. The van der Waals surface area contributed by atoms with E-state index in [9.17, 15) is 4.39 Å². The fourth-order valence-corrected chi connectivity index (χ4v) is 1.26. The first kappa shape index (κ1) is 12.4. The molecule has 0 aliphatic rings. The molecular formula is C12H8ClFZn. The molecule has 0 heterocycles. The van der Waals surface area contributed by atoms with Gasteiger partial charge >= 0.3 is 27.0 Å². The van der Waals surface area contributed by atoms with Crippen molar-refractivity contribution in [2.45, 2.75) is 0 Å². The zero-order chi connectivity index (χ0) is 11.1. The quantitative estimate of drug-likeness (QED) is 0.544. The first-order valence-corrected chi connectivity index (χ1v) is 8.25. The molecule has 0 bridgehead atoms. The van der Waals surface area contributed by atoms with E-state index in [1.54, 1.807) is 12.1 Å². The van der Waals surface area contributed by atoms with E-state index >= 15 is 0 Å². The van der Waals surface area contributed by atoms with Crippen molar-refractivity contribution in [2.24, 2.45) is 0 Å². The van der Waals surface area contributed by atoms with Gasteiger partial charge in [-0.1, -0.05) is 35.9 Å². The normalized spacial score (nSPS) is 9.07. The topological polar surface area (TPSA) is 0 Å². The van der Waals surface area contributed by atoms with Crippen LogP contribution >= 0.6 is 9.69 Å². The molecule has 0 aliphatic carbocycles. The molecule has 0 atom stereocenters. The van der Waals surface area contributed by atoms with Crippen LogP contribution in [0.15, 0.2) is 48.5 Å². The standard InChI is InChI=1S/C12H8F.ClH.Zn/c13-12-9-5-4-8-11(12)10-6-2-1-3-7-10;;/h1-4,6-9H;1H;/q-1;;+2/p-1. The van der Waals surface area contributed by atoms with Crippen LogP contribution in [0, 0.1) is 11.9 Å². The molecule has 0 unspecified atom stereocenters. The van der Waals surface area contributed by atoms with Crippen LogP contribution in [-0.4, -0.2) is 0 Å². The van der Waals surface area contributed by atoms with Crippen molar-refractivity contribution in [2.75, 3.05) is 0 Å². The van der Waals surface area contributed by atoms with Crippen molar-refractivity contribution in [3.63, 3.8) is 0 Å². The van der Waals surface area contributed by atoms with Gasteiger partial charge in [-0.15, -0.1) is 6.07 Å². The van der Waals surface area contributed by atoms with Crippen LogP contribution in [0.5, 0.6) is 0 Å². The molecule has 0 nitrogen and oxygen atoms in total. The molecule has 0 amide bonds. The molecule has 72 valence electrons. The Kier molecular flexibility index (Phi) is 5.53. The van der Waals surface area contributed by atoms with E-state index in [4.69, 9.17) is 9.69 Å². The first-order chi connectivity index (χ1) is 7.38. The zero-order valence-corrected chi connectivity index (χ0v) is 11.8. The Balaban J connectivity index is 0.000000531. The third-order valence-corrected chi connectivity index (χ3v) is 1.90. The van der Waals surface area contributed by atoms with Gasteiger partial charge in [0.05, 0.1) is 0 Å². The molecule has 15 heavy (non-hydrogen) atoms. The molecule has 0 N–H and O–H groups in total. The Morgan fingerprint density at radius 3 is 2.33 bits per heavy atom. The predicted molar refractivity (Wildman–Crippen MR) is 56.5 cm³/mol. The van der Waals surface area contributed by atoms with Crippen LogP contribution in [0.25, 0.3) is 11.1 Å². The third kappa shape index (κ3) is 3.41. The van der Waals surface area contributed by atoms with Crippen molar-refractivity contribution >= 4 is 9.69 Å². The Bertz CT molecular complexity index is 403. The van der Waals surface area contributed by atoms with Crippen LogP contribution in [0.2, 0.25) is 0 Å². The maximum atomic E-state index is 13.2. The molecule has 0 saturated carbocycles. The van der Waals surface area contributed by atoms with E-state index < -0.39 is 0 Å². The second-order valence-electron chi connectivity index (χ2n) is 2.77. The van der Waals surface area contributed by atoms with Gasteiger partial charge in [0.1, 0.15) is 0 Å². The second-order valence-corrected chi connectivity index (χ2v) is 2.77. The summed E-state index contributed by atoms with van der Waals surface area (Å²) in [5, 5.41) is 0. The van der Waals surface area contributed by atoms with Gasteiger partial charge in [0.15, 0.2) is 0 Å². The number of rotatable bonds is 1. The third-order valence-electron chi connectivity index (χ3n) is 1.90. The molecule has 0 aliphatic heterocycles. The number of halogens is 2. The summed E-state index contributed by atoms with van der Waals surface area (Å²) in [7, 11) is 4.76. The van der Waals surface area contributed by atoms with Gasteiger partial charge in [-0.05, 0) is 5.56 Å². The Labute approximate surface area is 103 Å². The summed E-state index contributed by atoms with van der Waals surface area (Å²) < 4.78 is 13.2. The SMILES string of the molecule is Fc1c[c-]ccc1-c1ccccc1.[Cl][Zn+]. The van der Waals surface area contributed by atoms with Crippen molar-refractivity contribution in [1.29, 1.82) is 0 Å². The van der Waals surface area contributed by atoms with Crippen molar-refractivity contribution in [3.05, 3.63) is 60.4 Å². The van der Waals surface area contributed by atoms with E-state index in [1.165, 1.54) is 6.07 Å². The van der Waals surface area contributed by atoms with Crippen molar-refractivity contribution in [3.8, 4) is 11.1 Å². The molecule has 0 fully saturated rings. The predicted octanol–water partition coefficient (Wildman–Crippen LogP) is 3.98. The van der Waals surface area contributed by atoms with Gasteiger partial charge in [0.25, 0.3) is 0 Å². The molecule has 0 saturated heterocycles. The van der Waals surface area contributed by atoms with E-state index in [0.29, 0.717) is 5.56 Å². The average molecular weight is 272 g/mol. The second kappa shape index (κ2) is 6.71. The maximum absolute atomic E-state index is 13.2. The Morgan fingerprint density at radius 1 is 1.07 bits per heavy atom. The molecule has 2 aromatic rings. The van der Waals surface area contributed by atoms with Gasteiger partial charge < -0.3 is 0 Å². The molecule has 2 aromatic carbocycles. The minimum absolute atomic E-state index is 0.228. The molecule has 0 radical (unpaired) electrons. The van der Waals surface area contributed by atoms with Crippen LogP contribution < -0.4 is 0 Å². The van der Waals surface area contributed by atoms with Gasteiger partial charge in [-0.3, -0.25) is 4.39 Å². The van der Waals surface area contributed by atoms with E-state index in [2.05, 4.69) is 6.07 Å². The Hall–Kier alpha value is -0.717. The van der Waals surface area contributed by atoms with E-state index in [-0.39, 0.29) is 5.82 Å². The van der Waals surface area contributed by atoms with Crippen LogP contribution in [0.1, 0.15) is 0 Å². The summed E-state index contributed by atoms with van der Waals surface area (Å²) in [5.74, 6) is -0.228. The van der Waals surface area contributed by atoms with E-state index in [0.717, 1.165) is 22.9 Å². The summed E-state index contributed by atoms with van der Waals surface area (Å²) in [5.41, 5.74) is 1.52. The summed E-state index contributed by atoms with van der Waals surface area (Å²) >= 11 is 0.847. The van der Waals surface area contributed by atoms with Gasteiger partial charge in [-0.25, -0.2) is 0 Å². The fourth-order valence-electron chi connectivity index (χ4n) is 1.26. The van der Waals surface area contributed by atoms with Crippen LogP contribution in [0.4, 0.5) is 4.39 Å².